The second-order valence-electron chi connectivity index (χ2n) is 5.55. The highest BCUT2D eigenvalue weighted by Gasteiger charge is 2.22. The summed E-state index contributed by atoms with van der Waals surface area (Å²) in [6, 6.07) is 14.8. The van der Waals surface area contributed by atoms with Crippen molar-refractivity contribution in [2.75, 3.05) is 12.4 Å². The molecule has 0 aliphatic heterocycles. The summed E-state index contributed by atoms with van der Waals surface area (Å²) >= 11 is 0. The molecule has 0 fully saturated rings. The minimum absolute atomic E-state index is 0.102. The molecule has 0 spiro atoms. The Balaban J connectivity index is 1.95. The van der Waals surface area contributed by atoms with Crippen LogP contribution in [-0.2, 0) is 11.3 Å². The first-order valence-corrected chi connectivity index (χ1v) is 7.37. The molecule has 0 aliphatic carbocycles. The van der Waals surface area contributed by atoms with Gasteiger partial charge in [-0.2, -0.15) is 5.26 Å². The summed E-state index contributed by atoms with van der Waals surface area (Å²) in [5, 5.41) is 11.6. The Labute approximate surface area is 135 Å². The molecule has 4 nitrogen and oxygen atoms in total. The van der Waals surface area contributed by atoms with Gasteiger partial charge in [0.1, 0.15) is 12.4 Å². The predicted octanol–water partition coefficient (Wildman–Crippen LogP) is 1.74. The maximum atomic E-state index is 12.9. The van der Waals surface area contributed by atoms with Crippen molar-refractivity contribution in [3.8, 4) is 6.07 Å². The minimum atomic E-state index is -0.268. The van der Waals surface area contributed by atoms with Crippen molar-refractivity contribution in [1.29, 1.82) is 5.26 Å². The summed E-state index contributed by atoms with van der Waals surface area (Å²) in [4.78, 5) is 13.3. The van der Waals surface area contributed by atoms with Crippen LogP contribution in [0.4, 0.5) is 10.1 Å². The monoisotopic (exact) mass is 312 g/mol. The molecule has 1 amide bonds. The standard InChI is InChI=1S/C18H18FN3O/c1-13(22(2)12-15-3-7-16(19)8-4-15)18(23)21-17-9-5-14(11-20)6-10-17/h3-10,13H,12H2,1-2H3,(H,21,23)/p+1/t13-/m0/s1. The third kappa shape index (κ3) is 4.63. The first kappa shape index (κ1) is 16.7. The number of likely N-dealkylation sites (N-methyl/N-ethyl adjacent to an activating group) is 1. The van der Waals surface area contributed by atoms with E-state index in [-0.39, 0.29) is 17.8 Å². The van der Waals surface area contributed by atoms with Gasteiger partial charge in [0.05, 0.1) is 18.7 Å². The van der Waals surface area contributed by atoms with Crippen LogP contribution in [0, 0.1) is 17.1 Å². The van der Waals surface area contributed by atoms with E-state index in [1.807, 2.05) is 20.0 Å². The summed E-state index contributed by atoms with van der Waals surface area (Å²) < 4.78 is 12.9. The fourth-order valence-corrected chi connectivity index (χ4v) is 2.18. The second kappa shape index (κ2) is 7.52. The third-order valence-electron chi connectivity index (χ3n) is 3.81. The highest BCUT2D eigenvalue weighted by atomic mass is 19.1. The Morgan fingerprint density at radius 3 is 2.39 bits per heavy atom. The van der Waals surface area contributed by atoms with E-state index in [0.29, 0.717) is 17.8 Å². The van der Waals surface area contributed by atoms with Gasteiger partial charge in [0, 0.05) is 11.3 Å². The number of amides is 1. The average Bonchev–Trinajstić information content (AvgIpc) is 2.56. The minimum Gasteiger partial charge on any atom is -0.324 e. The summed E-state index contributed by atoms with van der Waals surface area (Å²) in [6.07, 6.45) is 0. The number of nitriles is 1. The van der Waals surface area contributed by atoms with Crippen LogP contribution in [0.1, 0.15) is 18.1 Å². The normalized spacial score (nSPS) is 13.0. The number of carbonyl (C=O) groups is 1. The number of hydrogen-bond acceptors (Lipinski definition) is 2. The maximum absolute atomic E-state index is 12.9. The van der Waals surface area contributed by atoms with Gasteiger partial charge in [-0.3, -0.25) is 4.79 Å². The van der Waals surface area contributed by atoms with E-state index in [9.17, 15) is 9.18 Å². The Morgan fingerprint density at radius 2 is 1.83 bits per heavy atom. The topological polar surface area (TPSA) is 57.3 Å². The van der Waals surface area contributed by atoms with Crippen molar-refractivity contribution in [2.24, 2.45) is 0 Å². The van der Waals surface area contributed by atoms with Crippen molar-refractivity contribution in [3.05, 3.63) is 65.5 Å². The lowest BCUT2D eigenvalue weighted by atomic mass is 10.1. The first-order valence-electron chi connectivity index (χ1n) is 7.37. The molecule has 2 rings (SSSR count). The van der Waals surface area contributed by atoms with Gasteiger partial charge >= 0.3 is 0 Å². The van der Waals surface area contributed by atoms with Crippen LogP contribution < -0.4 is 10.2 Å². The summed E-state index contributed by atoms with van der Waals surface area (Å²) in [5.74, 6) is -0.368. The van der Waals surface area contributed by atoms with Crippen LogP contribution in [-0.4, -0.2) is 19.0 Å². The zero-order chi connectivity index (χ0) is 16.8. The molecule has 2 atom stereocenters. The van der Waals surface area contributed by atoms with Crippen molar-refractivity contribution in [1.82, 2.24) is 0 Å². The van der Waals surface area contributed by atoms with Crippen LogP contribution in [0.3, 0.4) is 0 Å². The molecule has 0 aromatic heterocycles. The average molecular weight is 312 g/mol. The van der Waals surface area contributed by atoms with E-state index in [2.05, 4.69) is 5.32 Å². The largest absolute Gasteiger partial charge is 0.324 e. The van der Waals surface area contributed by atoms with Gasteiger partial charge in [-0.1, -0.05) is 12.1 Å². The molecule has 0 saturated heterocycles. The Hall–Kier alpha value is -2.71. The number of anilines is 1. The van der Waals surface area contributed by atoms with Crippen LogP contribution in [0.25, 0.3) is 0 Å². The Morgan fingerprint density at radius 1 is 1.22 bits per heavy atom. The second-order valence-corrected chi connectivity index (χ2v) is 5.55. The zero-order valence-corrected chi connectivity index (χ0v) is 13.1. The molecule has 1 unspecified atom stereocenters. The Bertz CT molecular complexity index is 705. The number of quaternary nitrogens is 1. The molecule has 118 valence electrons. The van der Waals surface area contributed by atoms with Gasteiger partial charge in [-0.25, -0.2) is 4.39 Å². The van der Waals surface area contributed by atoms with Crippen molar-refractivity contribution in [3.63, 3.8) is 0 Å². The number of halogens is 1. The van der Waals surface area contributed by atoms with Gasteiger partial charge in [-0.05, 0) is 43.3 Å². The number of benzene rings is 2. The van der Waals surface area contributed by atoms with E-state index >= 15 is 0 Å². The molecule has 0 saturated carbocycles. The molecule has 2 aromatic rings. The van der Waals surface area contributed by atoms with Crippen LogP contribution in [0.5, 0.6) is 0 Å². The maximum Gasteiger partial charge on any atom is 0.282 e. The van der Waals surface area contributed by atoms with Gasteiger partial charge in [-0.15, -0.1) is 0 Å². The molecular weight excluding hydrogens is 293 g/mol. The fourth-order valence-electron chi connectivity index (χ4n) is 2.18. The van der Waals surface area contributed by atoms with E-state index in [4.69, 9.17) is 5.26 Å². The first-order chi connectivity index (χ1) is 11.0. The lowest BCUT2D eigenvalue weighted by molar-refractivity contribution is -0.907. The summed E-state index contributed by atoms with van der Waals surface area (Å²) in [5.41, 5.74) is 2.19. The van der Waals surface area contributed by atoms with E-state index in [0.717, 1.165) is 10.5 Å². The van der Waals surface area contributed by atoms with Gasteiger partial charge in [0.15, 0.2) is 6.04 Å². The van der Waals surface area contributed by atoms with Crippen LogP contribution >= 0.6 is 0 Å². The number of rotatable bonds is 5. The molecule has 23 heavy (non-hydrogen) atoms. The fraction of sp³-hybridized carbons (Fsp3) is 0.222. The lowest BCUT2D eigenvalue weighted by Crippen LogP contribution is -3.12. The molecule has 2 N–H and O–H groups in total. The molecule has 0 bridgehead atoms. The number of nitrogens with one attached hydrogen (secondary N) is 2. The molecule has 0 heterocycles. The predicted molar refractivity (Wildman–Crippen MR) is 86.2 cm³/mol. The molecule has 0 radical (unpaired) electrons. The number of hydrogen-bond donors (Lipinski definition) is 2. The van der Waals surface area contributed by atoms with Crippen LogP contribution in [0.2, 0.25) is 0 Å². The zero-order valence-electron chi connectivity index (χ0n) is 13.1. The smallest absolute Gasteiger partial charge is 0.282 e. The molecule has 0 aliphatic rings. The lowest BCUT2D eigenvalue weighted by Gasteiger charge is -2.21. The highest BCUT2D eigenvalue weighted by Crippen LogP contribution is 2.09. The SMILES string of the molecule is C[C@@H](C(=O)Nc1ccc(C#N)cc1)[NH+](C)Cc1ccc(F)cc1. The number of carbonyl (C=O) groups excluding carboxylic acids is 1. The van der Waals surface area contributed by atoms with Crippen LogP contribution in [0.15, 0.2) is 48.5 Å². The molecular formula is C18H19FN3O+. The summed E-state index contributed by atoms with van der Waals surface area (Å²) in [7, 11) is 1.92. The molecule has 5 heteroatoms. The van der Waals surface area contributed by atoms with Gasteiger partial charge in [0.2, 0.25) is 0 Å². The van der Waals surface area contributed by atoms with E-state index in [1.165, 1.54) is 12.1 Å². The van der Waals surface area contributed by atoms with E-state index in [1.54, 1.807) is 36.4 Å². The van der Waals surface area contributed by atoms with Gasteiger partial charge < -0.3 is 10.2 Å². The molecule has 2 aromatic carbocycles. The van der Waals surface area contributed by atoms with Crippen molar-refractivity contribution >= 4 is 11.6 Å². The summed E-state index contributed by atoms with van der Waals surface area (Å²) in [6.45, 7) is 2.47. The quantitative estimate of drug-likeness (QED) is 0.883. The van der Waals surface area contributed by atoms with Crippen molar-refractivity contribution < 1.29 is 14.1 Å². The number of nitrogens with zero attached hydrogens (tertiary/aromatic N) is 1. The highest BCUT2D eigenvalue weighted by molar-refractivity contribution is 5.93. The van der Waals surface area contributed by atoms with Gasteiger partial charge in [0.25, 0.3) is 5.91 Å². The Kier molecular flexibility index (Phi) is 5.45. The third-order valence-corrected chi connectivity index (χ3v) is 3.81. The van der Waals surface area contributed by atoms with Crippen molar-refractivity contribution in [2.45, 2.75) is 19.5 Å². The van der Waals surface area contributed by atoms with E-state index < -0.39 is 0 Å².